The van der Waals surface area contributed by atoms with E-state index in [0.717, 1.165) is 24.0 Å². The van der Waals surface area contributed by atoms with Gasteiger partial charge in [0.25, 0.3) is 0 Å². The van der Waals surface area contributed by atoms with Gasteiger partial charge in [-0.2, -0.15) is 0 Å². The van der Waals surface area contributed by atoms with Crippen LogP contribution in [0.25, 0.3) is 0 Å². The van der Waals surface area contributed by atoms with Crippen LogP contribution in [0, 0.1) is 5.92 Å². The Balaban J connectivity index is 1.63. The molecule has 0 saturated carbocycles. The van der Waals surface area contributed by atoms with Crippen LogP contribution in [0.2, 0.25) is 0 Å². The maximum absolute atomic E-state index is 5.49. The Morgan fingerprint density at radius 2 is 2.19 bits per heavy atom. The molecule has 3 rings (SSSR count). The molecule has 4 nitrogen and oxygen atoms in total. The van der Waals surface area contributed by atoms with Crippen molar-refractivity contribution in [3.8, 4) is 11.5 Å². The molecule has 2 aliphatic rings. The number of hydrogen-bond acceptors (Lipinski definition) is 4. The van der Waals surface area contributed by atoms with Crippen LogP contribution in [0.1, 0.15) is 37.8 Å². The summed E-state index contributed by atoms with van der Waals surface area (Å²) in [6.45, 7) is 6.17. The fourth-order valence-electron chi connectivity index (χ4n) is 3.47. The second-order valence-corrected chi connectivity index (χ2v) is 6.16. The summed E-state index contributed by atoms with van der Waals surface area (Å²) in [5.74, 6) is 2.63. The monoisotopic (exact) mass is 290 g/mol. The third-order valence-electron chi connectivity index (χ3n) is 4.66. The zero-order valence-electron chi connectivity index (χ0n) is 13.1. The molecule has 1 N–H and O–H groups in total. The molecule has 1 aromatic rings. The smallest absolute Gasteiger partial charge is 0.231 e. The van der Waals surface area contributed by atoms with Crippen molar-refractivity contribution in [3.05, 3.63) is 23.8 Å². The predicted octanol–water partition coefficient (Wildman–Crippen LogP) is 2.80. The van der Waals surface area contributed by atoms with Gasteiger partial charge < -0.3 is 19.7 Å². The van der Waals surface area contributed by atoms with Gasteiger partial charge in [-0.25, -0.2) is 0 Å². The summed E-state index contributed by atoms with van der Waals surface area (Å²) >= 11 is 0. The first-order chi connectivity index (χ1) is 10.3. The molecule has 116 valence electrons. The van der Waals surface area contributed by atoms with Gasteiger partial charge in [0, 0.05) is 19.1 Å². The molecule has 4 heteroatoms. The zero-order valence-corrected chi connectivity index (χ0v) is 13.1. The Bertz CT molecular complexity index is 478. The summed E-state index contributed by atoms with van der Waals surface area (Å²) in [5.41, 5.74) is 1.28. The number of fused-ring (bicyclic) bond motifs is 1. The molecule has 0 aliphatic carbocycles. The molecule has 0 aromatic heterocycles. The number of benzene rings is 1. The number of rotatable bonds is 6. The molecule has 1 saturated heterocycles. The summed E-state index contributed by atoms with van der Waals surface area (Å²) in [7, 11) is 2.04. The maximum atomic E-state index is 5.49. The number of nitrogens with zero attached hydrogens (tertiary/aromatic N) is 1. The SMILES string of the molecule is CCCC1CCN(CC(NC)c2ccc3c(c2)OCO3)C1. The highest BCUT2D eigenvalue weighted by Gasteiger charge is 2.25. The number of ether oxygens (including phenoxy) is 2. The molecule has 1 aromatic carbocycles. The Kier molecular flexibility index (Phi) is 4.66. The van der Waals surface area contributed by atoms with Gasteiger partial charge in [0.1, 0.15) is 0 Å². The van der Waals surface area contributed by atoms with E-state index in [0.29, 0.717) is 12.8 Å². The minimum Gasteiger partial charge on any atom is -0.454 e. The first kappa shape index (κ1) is 14.7. The lowest BCUT2D eigenvalue weighted by Gasteiger charge is -2.24. The van der Waals surface area contributed by atoms with E-state index >= 15 is 0 Å². The van der Waals surface area contributed by atoms with Gasteiger partial charge >= 0.3 is 0 Å². The lowest BCUT2D eigenvalue weighted by Crippen LogP contribution is -2.32. The summed E-state index contributed by atoms with van der Waals surface area (Å²) in [6, 6.07) is 6.63. The van der Waals surface area contributed by atoms with E-state index in [9.17, 15) is 0 Å². The lowest BCUT2D eigenvalue weighted by atomic mass is 10.0. The van der Waals surface area contributed by atoms with E-state index in [4.69, 9.17) is 9.47 Å². The standard InChI is InChI=1S/C17H26N2O2/c1-3-4-13-7-8-19(10-13)11-15(18-2)14-5-6-16-17(9-14)21-12-20-16/h5-6,9,13,15,18H,3-4,7-8,10-12H2,1-2H3. The number of likely N-dealkylation sites (N-methyl/N-ethyl adjacent to an activating group) is 1. The summed E-state index contributed by atoms with van der Waals surface area (Å²) < 4.78 is 10.9. The first-order valence-corrected chi connectivity index (χ1v) is 8.09. The van der Waals surface area contributed by atoms with Gasteiger partial charge in [0.05, 0.1) is 0 Å². The Labute approximate surface area is 127 Å². The predicted molar refractivity (Wildman–Crippen MR) is 83.8 cm³/mol. The van der Waals surface area contributed by atoms with Gasteiger partial charge in [-0.3, -0.25) is 0 Å². The molecule has 0 spiro atoms. The molecule has 2 atom stereocenters. The van der Waals surface area contributed by atoms with E-state index < -0.39 is 0 Å². The molecular weight excluding hydrogens is 264 g/mol. The van der Waals surface area contributed by atoms with E-state index in [1.807, 2.05) is 13.1 Å². The van der Waals surface area contributed by atoms with Crippen LogP contribution in [-0.2, 0) is 0 Å². The summed E-state index contributed by atoms with van der Waals surface area (Å²) in [5, 5.41) is 3.45. The van der Waals surface area contributed by atoms with Gasteiger partial charge in [-0.05, 0) is 50.0 Å². The van der Waals surface area contributed by atoms with Crippen LogP contribution in [0.4, 0.5) is 0 Å². The third kappa shape index (κ3) is 3.33. The van der Waals surface area contributed by atoms with Crippen molar-refractivity contribution in [2.75, 3.05) is 33.5 Å². The molecule has 0 bridgehead atoms. The fourth-order valence-corrected chi connectivity index (χ4v) is 3.47. The van der Waals surface area contributed by atoms with Crippen LogP contribution in [0.5, 0.6) is 11.5 Å². The topological polar surface area (TPSA) is 33.7 Å². The summed E-state index contributed by atoms with van der Waals surface area (Å²) in [4.78, 5) is 2.59. The minimum atomic E-state index is 0.341. The van der Waals surface area contributed by atoms with Crippen molar-refractivity contribution in [2.45, 2.75) is 32.2 Å². The third-order valence-corrected chi connectivity index (χ3v) is 4.66. The average Bonchev–Trinajstić information content (AvgIpc) is 3.13. The molecule has 2 aliphatic heterocycles. The Morgan fingerprint density at radius 3 is 3.00 bits per heavy atom. The highest BCUT2D eigenvalue weighted by atomic mass is 16.7. The molecule has 1 fully saturated rings. The maximum Gasteiger partial charge on any atom is 0.231 e. The molecule has 21 heavy (non-hydrogen) atoms. The van der Waals surface area contributed by atoms with Crippen LogP contribution in [0.3, 0.4) is 0 Å². The fraction of sp³-hybridized carbons (Fsp3) is 0.647. The van der Waals surface area contributed by atoms with Crippen molar-refractivity contribution >= 4 is 0 Å². The van der Waals surface area contributed by atoms with E-state index in [2.05, 4.69) is 29.3 Å². The largest absolute Gasteiger partial charge is 0.454 e. The van der Waals surface area contributed by atoms with Gasteiger partial charge in [-0.1, -0.05) is 19.4 Å². The zero-order chi connectivity index (χ0) is 14.7. The molecule has 0 radical (unpaired) electrons. The minimum absolute atomic E-state index is 0.341. The van der Waals surface area contributed by atoms with Crippen molar-refractivity contribution in [1.29, 1.82) is 0 Å². The van der Waals surface area contributed by atoms with Gasteiger partial charge in [0.2, 0.25) is 6.79 Å². The van der Waals surface area contributed by atoms with Crippen molar-refractivity contribution in [3.63, 3.8) is 0 Å². The van der Waals surface area contributed by atoms with Gasteiger partial charge in [0.15, 0.2) is 11.5 Å². The van der Waals surface area contributed by atoms with Crippen LogP contribution >= 0.6 is 0 Å². The Morgan fingerprint density at radius 1 is 1.33 bits per heavy atom. The molecule has 2 heterocycles. The Hall–Kier alpha value is -1.26. The normalized spacial score (nSPS) is 22.7. The van der Waals surface area contributed by atoms with Crippen LogP contribution < -0.4 is 14.8 Å². The van der Waals surface area contributed by atoms with E-state index in [1.165, 1.54) is 37.9 Å². The quantitative estimate of drug-likeness (QED) is 0.873. The van der Waals surface area contributed by atoms with Crippen molar-refractivity contribution in [2.24, 2.45) is 5.92 Å². The van der Waals surface area contributed by atoms with Crippen LogP contribution in [0.15, 0.2) is 18.2 Å². The highest BCUT2D eigenvalue weighted by Crippen LogP contribution is 2.34. The number of nitrogens with one attached hydrogen (secondary N) is 1. The van der Waals surface area contributed by atoms with E-state index in [1.54, 1.807) is 0 Å². The van der Waals surface area contributed by atoms with E-state index in [-0.39, 0.29) is 0 Å². The number of hydrogen-bond donors (Lipinski definition) is 1. The highest BCUT2D eigenvalue weighted by molar-refractivity contribution is 5.45. The first-order valence-electron chi connectivity index (χ1n) is 8.09. The second-order valence-electron chi connectivity index (χ2n) is 6.16. The molecule has 2 unspecified atom stereocenters. The average molecular weight is 290 g/mol. The lowest BCUT2D eigenvalue weighted by molar-refractivity contribution is 0.174. The van der Waals surface area contributed by atoms with Crippen molar-refractivity contribution < 1.29 is 9.47 Å². The molecule has 0 amide bonds. The molecular formula is C17H26N2O2. The second kappa shape index (κ2) is 6.67. The van der Waals surface area contributed by atoms with Crippen LogP contribution in [-0.4, -0.2) is 38.4 Å². The number of likely N-dealkylation sites (tertiary alicyclic amines) is 1. The summed E-state index contributed by atoms with van der Waals surface area (Å²) in [6.07, 6.45) is 4.02. The van der Waals surface area contributed by atoms with Gasteiger partial charge in [-0.15, -0.1) is 0 Å². The van der Waals surface area contributed by atoms with Crippen molar-refractivity contribution in [1.82, 2.24) is 10.2 Å².